The molecule has 1 aromatic rings. The quantitative estimate of drug-likeness (QED) is 0.830. The Morgan fingerprint density at radius 2 is 2.25 bits per heavy atom. The molecule has 1 aliphatic rings. The van der Waals surface area contributed by atoms with Crippen molar-refractivity contribution in [3.8, 4) is 0 Å². The summed E-state index contributed by atoms with van der Waals surface area (Å²) in [4.78, 5) is 2.43. The highest BCUT2D eigenvalue weighted by Gasteiger charge is 2.26. The highest BCUT2D eigenvalue weighted by atomic mass is 16.5. The molecule has 0 radical (unpaired) electrons. The van der Waals surface area contributed by atoms with Crippen molar-refractivity contribution < 1.29 is 4.52 Å². The molecule has 2 unspecified atom stereocenters. The second kappa shape index (κ2) is 4.55. The van der Waals surface area contributed by atoms with Crippen molar-refractivity contribution in [1.82, 2.24) is 10.1 Å². The van der Waals surface area contributed by atoms with Gasteiger partial charge in [0, 0.05) is 24.2 Å². The minimum Gasteiger partial charge on any atom is -0.361 e. The van der Waals surface area contributed by atoms with E-state index in [4.69, 9.17) is 10.3 Å². The Morgan fingerprint density at radius 3 is 2.81 bits per heavy atom. The van der Waals surface area contributed by atoms with Crippen LogP contribution in [0.25, 0.3) is 0 Å². The molecule has 1 aliphatic heterocycles. The molecule has 0 aliphatic carbocycles. The van der Waals surface area contributed by atoms with Gasteiger partial charge >= 0.3 is 0 Å². The lowest BCUT2D eigenvalue weighted by molar-refractivity contribution is 0.158. The predicted octanol–water partition coefficient (Wildman–Crippen LogP) is 1.78. The van der Waals surface area contributed by atoms with Crippen LogP contribution >= 0.6 is 0 Å². The van der Waals surface area contributed by atoms with Crippen LogP contribution in [0.5, 0.6) is 0 Å². The maximum atomic E-state index is 6.01. The van der Waals surface area contributed by atoms with Gasteiger partial charge in [-0.2, -0.15) is 0 Å². The largest absolute Gasteiger partial charge is 0.361 e. The molecule has 0 bridgehead atoms. The predicted molar refractivity (Wildman–Crippen MR) is 63.2 cm³/mol. The molecule has 0 aromatic carbocycles. The Balaban J connectivity index is 2.15. The highest BCUT2D eigenvalue weighted by Crippen LogP contribution is 2.28. The molecule has 0 spiro atoms. The lowest BCUT2D eigenvalue weighted by Gasteiger charge is -2.35. The summed E-state index contributed by atoms with van der Waals surface area (Å²) in [6, 6.07) is 0.675. The van der Waals surface area contributed by atoms with Crippen molar-refractivity contribution in [3.05, 3.63) is 17.0 Å². The van der Waals surface area contributed by atoms with Crippen molar-refractivity contribution in [1.29, 1.82) is 0 Å². The molecule has 0 saturated carbocycles. The third kappa shape index (κ3) is 2.13. The number of piperidine rings is 1. The van der Waals surface area contributed by atoms with E-state index in [1.54, 1.807) is 0 Å². The third-order valence-electron chi connectivity index (χ3n) is 3.54. The van der Waals surface area contributed by atoms with Gasteiger partial charge in [-0.1, -0.05) is 5.16 Å². The Kier molecular flexibility index (Phi) is 3.30. The second-order valence-corrected chi connectivity index (χ2v) is 4.81. The number of aromatic nitrogens is 1. The van der Waals surface area contributed by atoms with Gasteiger partial charge in [0.15, 0.2) is 0 Å². The first-order valence-corrected chi connectivity index (χ1v) is 6.02. The summed E-state index contributed by atoms with van der Waals surface area (Å²) in [5, 5.41) is 4.02. The topological polar surface area (TPSA) is 55.3 Å². The third-order valence-corrected chi connectivity index (χ3v) is 3.54. The van der Waals surface area contributed by atoms with Gasteiger partial charge in [-0.15, -0.1) is 0 Å². The van der Waals surface area contributed by atoms with Crippen LogP contribution in [0.15, 0.2) is 4.52 Å². The smallest absolute Gasteiger partial charge is 0.138 e. The molecule has 2 atom stereocenters. The number of aryl methyl sites for hydroxylation is 2. The molecule has 16 heavy (non-hydrogen) atoms. The van der Waals surface area contributed by atoms with E-state index >= 15 is 0 Å². The SMILES string of the molecule is Cc1noc(C)c1C(C)N1CCCC(N)C1. The van der Waals surface area contributed by atoms with Gasteiger partial charge in [0.2, 0.25) is 0 Å². The minimum absolute atomic E-state index is 0.316. The Bertz CT molecular complexity index is 342. The van der Waals surface area contributed by atoms with Crippen LogP contribution in [-0.2, 0) is 0 Å². The van der Waals surface area contributed by atoms with E-state index in [1.165, 1.54) is 12.0 Å². The zero-order chi connectivity index (χ0) is 11.7. The van der Waals surface area contributed by atoms with E-state index in [0.29, 0.717) is 12.1 Å². The van der Waals surface area contributed by atoms with Gasteiger partial charge in [0.25, 0.3) is 0 Å². The van der Waals surface area contributed by atoms with Crippen LogP contribution in [0.4, 0.5) is 0 Å². The average Bonchev–Trinajstić information content (AvgIpc) is 2.58. The fourth-order valence-corrected chi connectivity index (χ4v) is 2.66. The average molecular weight is 223 g/mol. The number of rotatable bonds is 2. The fourth-order valence-electron chi connectivity index (χ4n) is 2.66. The zero-order valence-electron chi connectivity index (χ0n) is 10.4. The fraction of sp³-hybridized carbons (Fsp3) is 0.750. The number of likely N-dealkylation sites (tertiary alicyclic amines) is 1. The Labute approximate surface area is 96.8 Å². The van der Waals surface area contributed by atoms with Crippen LogP contribution in [-0.4, -0.2) is 29.2 Å². The summed E-state index contributed by atoms with van der Waals surface area (Å²) in [5.74, 6) is 0.934. The number of nitrogens with two attached hydrogens (primary N) is 1. The highest BCUT2D eigenvalue weighted by molar-refractivity contribution is 5.24. The monoisotopic (exact) mass is 223 g/mol. The molecule has 1 aromatic heterocycles. The van der Waals surface area contributed by atoms with Gasteiger partial charge in [0.05, 0.1) is 5.69 Å². The molecule has 2 N–H and O–H groups in total. The molecular formula is C12H21N3O. The summed E-state index contributed by atoms with van der Waals surface area (Å²) < 4.78 is 5.23. The molecule has 2 rings (SSSR count). The lowest BCUT2D eigenvalue weighted by Crippen LogP contribution is -2.43. The second-order valence-electron chi connectivity index (χ2n) is 4.81. The van der Waals surface area contributed by atoms with Crippen LogP contribution in [0.1, 0.15) is 42.8 Å². The van der Waals surface area contributed by atoms with E-state index in [1.807, 2.05) is 13.8 Å². The van der Waals surface area contributed by atoms with Crippen molar-refractivity contribution in [2.24, 2.45) is 5.73 Å². The van der Waals surface area contributed by atoms with Gasteiger partial charge in [-0.3, -0.25) is 4.90 Å². The van der Waals surface area contributed by atoms with Crippen LogP contribution in [0.3, 0.4) is 0 Å². The van der Waals surface area contributed by atoms with E-state index < -0.39 is 0 Å². The summed E-state index contributed by atoms with van der Waals surface area (Å²) in [6.07, 6.45) is 2.33. The van der Waals surface area contributed by atoms with E-state index in [9.17, 15) is 0 Å². The summed E-state index contributed by atoms with van der Waals surface area (Å²) in [7, 11) is 0. The van der Waals surface area contributed by atoms with Gasteiger partial charge in [-0.25, -0.2) is 0 Å². The van der Waals surface area contributed by atoms with Gasteiger partial charge in [0.1, 0.15) is 5.76 Å². The molecule has 4 heteroatoms. The maximum absolute atomic E-state index is 6.01. The Morgan fingerprint density at radius 1 is 1.50 bits per heavy atom. The number of nitrogens with zero attached hydrogens (tertiary/aromatic N) is 2. The van der Waals surface area contributed by atoms with Crippen molar-refractivity contribution >= 4 is 0 Å². The molecule has 4 nitrogen and oxygen atoms in total. The first kappa shape index (κ1) is 11.6. The summed E-state index contributed by atoms with van der Waals surface area (Å²) >= 11 is 0. The molecule has 1 saturated heterocycles. The van der Waals surface area contributed by atoms with Crippen molar-refractivity contribution in [2.45, 2.75) is 45.7 Å². The first-order valence-electron chi connectivity index (χ1n) is 6.02. The normalized spacial score (nSPS) is 24.6. The summed E-state index contributed by atoms with van der Waals surface area (Å²) in [5.41, 5.74) is 8.25. The molecule has 0 amide bonds. The van der Waals surface area contributed by atoms with E-state index in [2.05, 4.69) is 17.0 Å². The number of hydrogen-bond acceptors (Lipinski definition) is 4. The first-order chi connectivity index (χ1) is 7.59. The molecular weight excluding hydrogens is 202 g/mol. The Hall–Kier alpha value is -0.870. The standard InChI is InChI=1S/C12H21N3O/c1-8-12(10(3)16-14-8)9(2)15-6-4-5-11(13)7-15/h9,11H,4-7,13H2,1-3H3. The minimum atomic E-state index is 0.316. The van der Waals surface area contributed by atoms with Crippen LogP contribution < -0.4 is 5.73 Å². The van der Waals surface area contributed by atoms with Crippen LogP contribution in [0, 0.1) is 13.8 Å². The van der Waals surface area contributed by atoms with Gasteiger partial charge < -0.3 is 10.3 Å². The molecule has 90 valence electrons. The number of hydrogen-bond donors (Lipinski definition) is 1. The zero-order valence-corrected chi connectivity index (χ0v) is 10.4. The van der Waals surface area contributed by atoms with Gasteiger partial charge in [-0.05, 0) is 40.2 Å². The van der Waals surface area contributed by atoms with Crippen molar-refractivity contribution in [2.75, 3.05) is 13.1 Å². The summed E-state index contributed by atoms with van der Waals surface area (Å²) in [6.45, 7) is 8.30. The van der Waals surface area contributed by atoms with E-state index in [0.717, 1.165) is 31.0 Å². The molecule has 1 fully saturated rings. The van der Waals surface area contributed by atoms with Crippen LogP contribution in [0.2, 0.25) is 0 Å². The van der Waals surface area contributed by atoms with E-state index in [-0.39, 0.29) is 0 Å². The molecule has 2 heterocycles. The lowest BCUT2D eigenvalue weighted by atomic mass is 10.00. The maximum Gasteiger partial charge on any atom is 0.138 e. The van der Waals surface area contributed by atoms with Crippen molar-refractivity contribution in [3.63, 3.8) is 0 Å².